The molecule has 0 saturated heterocycles. The molecule has 1 aromatic heterocycles. The van der Waals surface area contributed by atoms with Crippen molar-refractivity contribution in [1.29, 1.82) is 0 Å². The summed E-state index contributed by atoms with van der Waals surface area (Å²) in [6.07, 6.45) is 8.64. The number of aromatic amines is 1. The van der Waals surface area contributed by atoms with E-state index >= 15 is 0 Å². The normalized spacial score (nSPS) is 11.2. The van der Waals surface area contributed by atoms with Crippen LogP contribution < -0.4 is 24.3 Å². The number of H-pyrrole nitrogens is 1. The number of aromatic nitrogens is 1. The second-order valence-corrected chi connectivity index (χ2v) is 8.02. The lowest BCUT2D eigenvalue weighted by atomic mass is 10.1. The van der Waals surface area contributed by atoms with Crippen LogP contribution in [-0.2, 0) is 4.79 Å². The van der Waals surface area contributed by atoms with Crippen LogP contribution in [0.3, 0.4) is 0 Å². The van der Waals surface area contributed by atoms with E-state index in [4.69, 9.17) is 18.9 Å². The first-order valence-electron chi connectivity index (χ1n) is 11.4. The average Bonchev–Trinajstić information content (AvgIpc) is 3.34. The monoisotopic (exact) mass is 500 g/mol. The van der Waals surface area contributed by atoms with Gasteiger partial charge in [0, 0.05) is 23.2 Å². The molecular weight excluding hydrogens is 472 g/mol. The summed E-state index contributed by atoms with van der Waals surface area (Å²) < 4.78 is 21.5. The smallest absolute Gasteiger partial charge is 0.248 e. The molecule has 0 saturated carbocycles. The first kappa shape index (κ1) is 25.2. The molecule has 0 aliphatic carbocycles. The van der Waals surface area contributed by atoms with Crippen molar-refractivity contribution in [1.82, 2.24) is 4.98 Å². The summed E-state index contributed by atoms with van der Waals surface area (Å²) in [6, 6.07) is 14.8. The summed E-state index contributed by atoms with van der Waals surface area (Å²) >= 11 is 0. The van der Waals surface area contributed by atoms with E-state index in [1.54, 1.807) is 39.5 Å². The number of phenols is 1. The molecule has 1 amide bonds. The Labute approximate surface area is 214 Å². The van der Waals surface area contributed by atoms with Crippen LogP contribution in [0.15, 0.2) is 60.8 Å². The van der Waals surface area contributed by atoms with E-state index in [0.29, 0.717) is 22.8 Å². The maximum Gasteiger partial charge on any atom is 0.248 e. The second-order valence-electron chi connectivity index (χ2n) is 8.02. The lowest BCUT2D eigenvalue weighted by Crippen LogP contribution is -2.08. The van der Waals surface area contributed by atoms with E-state index in [0.717, 1.165) is 22.0 Å². The number of amides is 1. The van der Waals surface area contributed by atoms with Crippen molar-refractivity contribution in [3.05, 3.63) is 77.5 Å². The number of anilines is 1. The number of carbonyl (C=O) groups is 1. The quantitative estimate of drug-likeness (QED) is 0.154. The average molecular weight is 501 g/mol. The zero-order chi connectivity index (χ0) is 26.4. The van der Waals surface area contributed by atoms with Gasteiger partial charge >= 0.3 is 0 Å². The Hall–Kier alpha value is -4.85. The summed E-state index contributed by atoms with van der Waals surface area (Å²) in [5, 5.41) is 14.3. The van der Waals surface area contributed by atoms with E-state index in [-0.39, 0.29) is 17.2 Å². The van der Waals surface area contributed by atoms with Crippen LogP contribution in [0.1, 0.15) is 16.7 Å². The summed E-state index contributed by atoms with van der Waals surface area (Å²) in [4.78, 5) is 15.8. The Kier molecular flexibility index (Phi) is 7.68. The molecule has 0 aliphatic heterocycles. The molecular formula is C29H28N2O6. The van der Waals surface area contributed by atoms with Crippen LogP contribution in [0.4, 0.5) is 5.69 Å². The second kappa shape index (κ2) is 11.3. The van der Waals surface area contributed by atoms with E-state index < -0.39 is 5.91 Å². The van der Waals surface area contributed by atoms with E-state index in [9.17, 15) is 9.90 Å². The Balaban J connectivity index is 1.58. The summed E-state index contributed by atoms with van der Waals surface area (Å²) in [7, 11) is 6.10. The van der Waals surface area contributed by atoms with Gasteiger partial charge in [-0.2, -0.15) is 0 Å². The van der Waals surface area contributed by atoms with Crippen molar-refractivity contribution in [2.75, 3.05) is 33.8 Å². The number of rotatable bonds is 9. The van der Waals surface area contributed by atoms with E-state index in [1.807, 2.05) is 54.7 Å². The van der Waals surface area contributed by atoms with Crippen molar-refractivity contribution < 1.29 is 28.8 Å². The summed E-state index contributed by atoms with van der Waals surface area (Å²) in [5.74, 6) is 1.22. The van der Waals surface area contributed by atoms with Crippen molar-refractivity contribution in [3.8, 4) is 28.7 Å². The lowest BCUT2D eigenvalue weighted by molar-refractivity contribution is -0.111. The van der Waals surface area contributed by atoms with Crippen LogP contribution in [0.2, 0.25) is 0 Å². The summed E-state index contributed by atoms with van der Waals surface area (Å²) in [5.41, 5.74) is 3.58. The Morgan fingerprint density at radius 3 is 2.11 bits per heavy atom. The molecule has 190 valence electrons. The first-order valence-corrected chi connectivity index (χ1v) is 11.4. The highest BCUT2D eigenvalue weighted by molar-refractivity contribution is 6.04. The van der Waals surface area contributed by atoms with Crippen LogP contribution in [0.5, 0.6) is 28.7 Å². The van der Waals surface area contributed by atoms with Gasteiger partial charge in [0.1, 0.15) is 0 Å². The standard InChI is InChI=1S/C29H28N2O6/c1-34-24-14-18(9-10-19-15-25(35-2)29(37-4)26(16-19)36-3)13-23(28(24)33)31-27(32)12-11-20-17-30-22-8-6-5-7-21(20)22/h5-17,30,33H,1-4H3,(H,31,32)/b10-9?,12-11+. The maximum atomic E-state index is 12.7. The minimum Gasteiger partial charge on any atom is -0.503 e. The molecule has 0 unspecified atom stereocenters. The molecule has 0 radical (unpaired) electrons. The number of para-hydroxylation sites is 1. The third-order valence-corrected chi connectivity index (χ3v) is 5.77. The van der Waals surface area contributed by atoms with Gasteiger partial charge in [0.2, 0.25) is 11.7 Å². The Morgan fingerprint density at radius 2 is 1.46 bits per heavy atom. The predicted octanol–water partition coefficient (Wildman–Crippen LogP) is 5.73. The topological polar surface area (TPSA) is 102 Å². The zero-order valence-electron chi connectivity index (χ0n) is 21.0. The molecule has 37 heavy (non-hydrogen) atoms. The van der Waals surface area contributed by atoms with Gasteiger partial charge < -0.3 is 34.4 Å². The third kappa shape index (κ3) is 5.54. The predicted molar refractivity (Wildman–Crippen MR) is 146 cm³/mol. The molecule has 3 N–H and O–H groups in total. The van der Waals surface area contributed by atoms with Gasteiger partial charge in [-0.25, -0.2) is 0 Å². The number of fused-ring (bicyclic) bond motifs is 1. The van der Waals surface area contributed by atoms with Crippen LogP contribution in [0, 0.1) is 0 Å². The van der Waals surface area contributed by atoms with Crippen LogP contribution >= 0.6 is 0 Å². The number of hydrogen-bond donors (Lipinski definition) is 3. The third-order valence-electron chi connectivity index (χ3n) is 5.77. The van der Waals surface area contributed by atoms with Gasteiger partial charge in [-0.3, -0.25) is 4.79 Å². The number of aromatic hydroxyl groups is 1. The van der Waals surface area contributed by atoms with Gasteiger partial charge in [0.15, 0.2) is 23.0 Å². The molecule has 0 bridgehead atoms. The maximum absolute atomic E-state index is 12.7. The number of ether oxygens (including phenoxy) is 4. The highest BCUT2D eigenvalue weighted by atomic mass is 16.5. The van der Waals surface area contributed by atoms with Crippen LogP contribution in [-0.4, -0.2) is 44.4 Å². The van der Waals surface area contributed by atoms with Gasteiger partial charge in [-0.05, 0) is 53.1 Å². The minimum absolute atomic E-state index is 0.165. The number of methoxy groups -OCH3 is 4. The Bertz CT molecular complexity index is 1460. The molecule has 4 aromatic rings. The van der Waals surface area contributed by atoms with Crippen molar-refractivity contribution in [3.63, 3.8) is 0 Å². The highest BCUT2D eigenvalue weighted by Crippen LogP contribution is 2.39. The van der Waals surface area contributed by atoms with Gasteiger partial charge in [0.25, 0.3) is 0 Å². The van der Waals surface area contributed by atoms with Gasteiger partial charge in [-0.15, -0.1) is 0 Å². The number of benzene rings is 3. The Morgan fingerprint density at radius 1 is 0.838 bits per heavy atom. The zero-order valence-corrected chi connectivity index (χ0v) is 21.0. The molecule has 0 fully saturated rings. The highest BCUT2D eigenvalue weighted by Gasteiger charge is 2.14. The number of nitrogens with one attached hydrogen (secondary N) is 2. The van der Waals surface area contributed by atoms with Crippen molar-refractivity contribution in [2.45, 2.75) is 0 Å². The fourth-order valence-electron chi connectivity index (χ4n) is 3.94. The van der Waals surface area contributed by atoms with Crippen LogP contribution in [0.25, 0.3) is 29.1 Å². The van der Waals surface area contributed by atoms with Gasteiger partial charge in [0.05, 0.1) is 34.1 Å². The minimum atomic E-state index is -0.395. The molecule has 0 aliphatic rings. The summed E-state index contributed by atoms with van der Waals surface area (Å²) in [6.45, 7) is 0. The molecule has 4 rings (SSSR count). The molecule has 1 heterocycles. The van der Waals surface area contributed by atoms with Gasteiger partial charge in [-0.1, -0.05) is 30.4 Å². The largest absolute Gasteiger partial charge is 0.503 e. The molecule has 0 spiro atoms. The number of carbonyl (C=O) groups excluding carboxylic acids is 1. The van der Waals surface area contributed by atoms with E-state index in [1.165, 1.54) is 13.2 Å². The SMILES string of the molecule is COc1cc(C=Cc2cc(OC)c(OC)c(OC)c2)cc(NC(=O)/C=C/c2c[nH]c3ccccc23)c1O. The lowest BCUT2D eigenvalue weighted by Gasteiger charge is -2.13. The fourth-order valence-corrected chi connectivity index (χ4v) is 3.94. The van der Waals surface area contributed by atoms with Crippen molar-refractivity contribution in [2.24, 2.45) is 0 Å². The number of hydrogen-bond acceptors (Lipinski definition) is 6. The molecule has 3 aromatic carbocycles. The fraction of sp³-hybridized carbons (Fsp3) is 0.138. The van der Waals surface area contributed by atoms with Crippen molar-refractivity contribution >= 4 is 40.7 Å². The molecule has 8 heteroatoms. The molecule has 0 atom stereocenters. The number of phenolic OH excluding ortho intramolecular Hbond substituents is 1. The first-order chi connectivity index (χ1) is 18.0. The molecule has 8 nitrogen and oxygen atoms in total. The van der Waals surface area contributed by atoms with E-state index in [2.05, 4.69) is 10.3 Å².